The zero-order chi connectivity index (χ0) is 17.7. The fourth-order valence-electron chi connectivity index (χ4n) is 2.47. The van der Waals surface area contributed by atoms with Crippen LogP contribution in [0.25, 0.3) is 0 Å². The van der Waals surface area contributed by atoms with E-state index in [4.69, 9.17) is 0 Å². The maximum atomic E-state index is 12.4. The Morgan fingerprint density at radius 2 is 1.71 bits per heavy atom. The number of carbonyl (C=O) groups excluding carboxylic acids is 2. The zero-order valence-corrected chi connectivity index (χ0v) is 14.1. The van der Waals surface area contributed by atoms with Crippen molar-refractivity contribution in [2.45, 2.75) is 32.8 Å². The third kappa shape index (κ3) is 4.67. The van der Waals surface area contributed by atoms with Crippen molar-refractivity contribution in [3.05, 3.63) is 59.7 Å². The molecule has 0 bridgehead atoms. The molecule has 5 heteroatoms. The van der Waals surface area contributed by atoms with E-state index in [2.05, 4.69) is 10.6 Å². The average Bonchev–Trinajstić information content (AvgIpc) is 2.50. The normalized spacial score (nSPS) is 13.0. The second kappa shape index (κ2) is 7.27. The van der Waals surface area contributed by atoms with E-state index in [-0.39, 0.29) is 18.2 Å². The maximum absolute atomic E-state index is 12.4. The van der Waals surface area contributed by atoms with Gasteiger partial charge in [-0.25, -0.2) is 0 Å². The largest absolute Gasteiger partial charge is 0.385 e. The molecule has 0 radical (unpaired) electrons. The van der Waals surface area contributed by atoms with E-state index in [9.17, 15) is 14.7 Å². The Kier molecular flexibility index (Phi) is 5.36. The molecular weight excluding hydrogens is 304 g/mol. The molecular formula is C19H22N2O3. The predicted molar refractivity (Wildman–Crippen MR) is 94.7 cm³/mol. The molecule has 2 rings (SSSR count). The summed E-state index contributed by atoms with van der Waals surface area (Å²) in [6.45, 7) is 4.91. The van der Waals surface area contributed by atoms with Crippen LogP contribution in [-0.2, 0) is 15.2 Å². The first-order chi connectivity index (χ1) is 11.3. The summed E-state index contributed by atoms with van der Waals surface area (Å²) >= 11 is 0. The Morgan fingerprint density at radius 1 is 1.04 bits per heavy atom. The van der Waals surface area contributed by atoms with E-state index in [0.717, 1.165) is 5.56 Å². The lowest BCUT2D eigenvalue weighted by Crippen LogP contribution is -2.28. The van der Waals surface area contributed by atoms with Crippen molar-refractivity contribution in [1.82, 2.24) is 0 Å². The second-order valence-corrected chi connectivity index (χ2v) is 6.10. The van der Waals surface area contributed by atoms with E-state index in [1.807, 2.05) is 31.2 Å². The Hall–Kier alpha value is -2.66. The minimum Gasteiger partial charge on any atom is -0.385 e. The summed E-state index contributed by atoms with van der Waals surface area (Å²) in [5.41, 5.74) is 1.39. The zero-order valence-electron chi connectivity index (χ0n) is 14.1. The number of benzene rings is 2. The molecule has 0 spiro atoms. The molecule has 0 aromatic heterocycles. The van der Waals surface area contributed by atoms with Crippen LogP contribution in [-0.4, -0.2) is 16.9 Å². The minimum atomic E-state index is -1.27. The van der Waals surface area contributed by atoms with Gasteiger partial charge in [0.2, 0.25) is 11.8 Å². The Balaban J connectivity index is 2.15. The van der Waals surface area contributed by atoms with Gasteiger partial charge in [-0.05, 0) is 37.1 Å². The molecule has 0 heterocycles. The molecule has 0 aliphatic rings. The average molecular weight is 326 g/mol. The van der Waals surface area contributed by atoms with Crippen LogP contribution in [0.5, 0.6) is 0 Å². The van der Waals surface area contributed by atoms with Gasteiger partial charge in [0.1, 0.15) is 0 Å². The number of hydrogen-bond acceptors (Lipinski definition) is 3. The number of aliphatic hydroxyl groups is 1. The topological polar surface area (TPSA) is 78.4 Å². The van der Waals surface area contributed by atoms with E-state index in [1.54, 1.807) is 31.2 Å². The molecule has 0 fully saturated rings. The van der Waals surface area contributed by atoms with Crippen LogP contribution in [0.2, 0.25) is 0 Å². The van der Waals surface area contributed by atoms with Crippen molar-refractivity contribution in [2.24, 2.45) is 0 Å². The molecule has 1 unspecified atom stereocenters. The van der Waals surface area contributed by atoms with Crippen LogP contribution < -0.4 is 10.6 Å². The summed E-state index contributed by atoms with van der Waals surface area (Å²) in [6.07, 6.45) is -0.0928. The number of aryl methyl sites for hydroxylation is 1. The molecule has 0 aliphatic carbocycles. The highest BCUT2D eigenvalue weighted by atomic mass is 16.3. The molecule has 0 saturated carbocycles. The maximum Gasteiger partial charge on any atom is 0.227 e. The molecule has 24 heavy (non-hydrogen) atoms. The molecule has 5 nitrogen and oxygen atoms in total. The Bertz CT molecular complexity index is 740. The standard InChI is InChI=1S/C19H22N2O3/c1-13-9-10-16(20-14(2)22)17(11-13)21-18(23)12-19(3,24)15-7-5-4-6-8-15/h4-11,24H,12H2,1-3H3,(H,20,22)(H,21,23). The quantitative estimate of drug-likeness (QED) is 0.789. The van der Waals surface area contributed by atoms with Gasteiger partial charge in [-0.2, -0.15) is 0 Å². The molecule has 2 amide bonds. The third-order valence-electron chi connectivity index (χ3n) is 3.66. The highest BCUT2D eigenvalue weighted by Crippen LogP contribution is 2.27. The van der Waals surface area contributed by atoms with Crippen LogP contribution >= 0.6 is 0 Å². The van der Waals surface area contributed by atoms with Gasteiger partial charge in [-0.15, -0.1) is 0 Å². The molecule has 126 valence electrons. The molecule has 0 aliphatic heterocycles. The van der Waals surface area contributed by atoms with Crippen molar-refractivity contribution in [3.8, 4) is 0 Å². The van der Waals surface area contributed by atoms with Crippen molar-refractivity contribution in [1.29, 1.82) is 0 Å². The van der Waals surface area contributed by atoms with E-state index in [1.165, 1.54) is 6.92 Å². The monoisotopic (exact) mass is 326 g/mol. The summed E-state index contributed by atoms with van der Waals surface area (Å²) in [5.74, 6) is -0.549. The number of amides is 2. The molecule has 0 saturated heterocycles. The number of rotatable bonds is 5. The van der Waals surface area contributed by atoms with Gasteiger partial charge in [-0.1, -0.05) is 36.4 Å². The molecule has 1 atom stereocenters. The van der Waals surface area contributed by atoms with Crippen LogP contribution in [0, 0.1) is 6.92 Å². The van der Waals surface area contributed by atoms with Gasteiger partial charge in [0.15, 0.2) is 0 Å². The lowest BCUT2D eigenvalue weighted by molar-refractivity contribution is -0.120. The molecule has 3 N–H and O–H groups in total. The van der Waals surface area contributed by atoms with Gasteiger partial charge in [0.05, 0.1) is 23.4 Å². The SMILES string of the molecule is CC(=O)Nc1ccc(C)cc1NC(=O)CC(C)(O)c1ccccc1. The van der Waals surface area contributed by atoms with Crippen molar-refractivity contribution in [2.75, 3.05) is 10.6 Å². The van der Waals surface area contributed by atoms with E-state index >= 15 is 0 Å². The van der Waals surface area contributed by atoms with E-state index < -0.39 is 5.60 Å². The first-order valence-electron chi connectivity index (χ1n) is 7.74. The van der Waals surface area contributed by atoms with Crippen molar-refractivity contribution >= 4 is 23.2 Å². The Morgan fingerprint density at radius 3 is 2.33 bits per heavy atom. The third-order valence-corrected chi connectivity index (χ3v) is 3.66. The number of anilines is 2. The van der Waals surface area contributed by atoms with Crippen molar-refractivity contribution < 1.29 is 14.7 Å². The number of carbonyl (C=O) groups is 2. The van der Waals surface area contributed by atoms with Crippen molar-refractivity contribution in [3.63, 3.8) is 0 Å². The van der Waals surface area contributed by atoms with Gasteiger partial charge in [-0.3, -0.25) is 9.59 Å². The van der Waals surface area contributed by atoms with Gasteiger partial charge >= 0.3 is 0 Å². The highest BCUT2D eigenvalue weighted by Gasteiger charge is 2.26. The lowest BCUT2D eigenvalue weighted by atomic mass is 9.92. The fraction of sp³-hybridized carbons (Fsp3) is 0.263. The van der Waals surface area contributed by atoms with Crippen LogP contribution in [0.3, 0.4) is 0 Å². The smallest absolute Gasteiger partial charge is 0.227 e. The van der Waals surface area contributed by atoms with Gasteiger partial charge < -0.3 is 15.7 Å². The number of hydrogen-bond donors (Lipinski definition) is 3. The molecule has 2 aromatic carbocycles. The minimum absolute atomic E-state index is 0.0928. The highest BCUT2D eigenvalue weighted by molar-refractivity contribution is 5.99. The summed E-state index contributed by atoms with van der Waals surface area (Å²) in [5, 5.41) is 16.0. The first-order valence-corrected chi connectivity index (χ1v) is 7.74. The summed E-state index contributed by atoms with van der Waals surface area (Å²) < 4.78 is 0. The van der Waals surface area contributed by atoms with E-state index in [0.29, 0.717) is 16.9 Å². The van der Waals surface area contributed by atoms with Crippen LogP contribution in [0.4, 0.5) is 11.4 Å². The first kappa shape index (κ1) is 17.7. The van der Waals surface area contributed by atoms with Crippen LogP contribution in [0.1, 0.15) is 31.4 Å². The summed E-state index contributed by atoms with van der Waals surface area (Å²) in [6, 6.07) is 14.4. The lowest BCUT2D eigenvalue weighted by Gasteiger charge is -2.23. The second-order valence-electron chi connectivity index (χ2n) is 6.10. The van der Waals surface area contributed by atoms with Gasteiger partial charge in [0.25, 0.3) is 0 Å². The van der Waals surface area contributed by atoms with Crippen LogP contribution in [0.15, 0.2) is 48.5 Å². The molecule has 2 aromatic rings. The predicted octanol–water partition coefficient (Wildman–Crippen LogP) is 3.19. The van der Waals surface area contributed by atoms with Gasteiger partial charge in [0, 0.05) is 6.92 Å². The fourth-order valence-corrected chi connectivity index (χ4v) is 2.47. The number of nitrogens with one attached hydrogen (secondary N) is 2. The Labute approximate surface area is 141 Å². The summed E-state index contributed by atoms with van der Waals surface area (Å²) in [7, 11) is 0. The summed E-state index contributed by atoms with van der Waals surface area (Å²) in [4.78, 5) is 23.7.